The van der Waals surface area contributed by atoms with E-state index < -0.39 is 0 Å². The fraction of sp³-hybridized carbons (Fsp3) is 0.222. The summed E-state index contributed by atoms with van der Waals surface area (Å²) in [4.78, 5) is 12.5. The van der Waals surface area contributed by atoms with Crippen LogP contribution in [-0.4, -0.2) is 26.1 Å². The van der Waals surface area contributed by atoms with Crippen LogP contribution in [-0.2, 0) is 0 Å². The molecule has 6 heteroatoms. The Morgan fingerprint density at radius 2 is 2.00 bits per heavy atom. The second-order valence-electron chi connectivity index (χ2n) is 6.03. The summed E-state index contributed by atoms with van der Waals surface area (Å²) in [6.45, 7) is 1.93. The first-order valence-electron chi connectivity index (χ1n) is 7.97. The predicted octanol–water partition coefficient (Wildman–Crippen LogP) is 3.24. The number of hydrogen-bond acceptors (Lipinski definition) is 4. The summed E-state index contributed by atoms with van der Waals surface area (Å²) in [5, 5.41) is 14.9. The van der Waals surface area contributed by atoms with Crippen molar-refractivity contribution in [3.63, 3.8) is 0 Å². The Kier molecular flexibility index (Phi) is 3.57. The molecular formula is C18H17N5O. The number of hydrogen-bond donors (Lipinski definition) is 1. The maximum Gasteiger partial charge on any atom is 0.255 e. The topological polar surface area (TPSA) is 72.7 Å². The lowest BCUT2D eigenvalue weighted by molar-refractivity contribution is 0.102. The molecule has 0 radical (unpaired) electrons. The Morgan fingerprint density at radius 3 is 2.79 bits per heavy atom. The molecule has 1 saturated carbocycles. The normalized spacial score (nSPS) is 13.7. The average molecular weight is 319 g/mol. The standard InChI is InChI=1S/C18H17N5O/c1-12-5-2-3-8-16(12)18(24)19-14-7-4-6-13(11-14)17-20-21-22-23(17)15-9-10-15/h2-8,11,15H,9-10H2,1H3,(H,19,24). The molecule has 1 aliphatic carbocycles. The van der Waals surface area contributed by atoms with E-state index in [0.29, 0.717) is 11.6 Å². The first-order valence-corrected chi connectivity index (χ1v) is 7.97. The van der Waals surface area contributed by atoms with Crippen molar-refractivity contribution in [1.82, 2.24) is 20.2 Å². The van der Waals surface area contributed by atoms with Crippen LogP contribution in [0, 0.1) is 6.92 Å². The van der Waals surface area contributed by atoms with E-state index in [9.17, 15) is 4.79 Å². The number of anilines is 1. The van der Waals surface area contributed by atoms with Gasteiger partial charge in [-0.25, -0.2) is 4.68 Å². The molecule has 1 aromatic heterocycles. The molecule has 2 aromatic carbocycles. The Morgan fingerprint density at radius 1 is 1.17 bits per heavy atom. The number of tetrazole rings is 1. The van der Waals surface area contributed by atoms with Crippen LogP contribution in [0.15, 0.2) is 48.5 Å². The average Bonchev–Trinajstić information content (AvgIpc) is 3.32. The van der Waals surface area contributed by atoms with Crippen LogP contribution in [0.1, 0.15) is 34.8 Å². The molecule has 24 heavy (non-hydrogen) atoms. The zero-order valence-electron chi connectivity index (χ0n) is 13.3. The Hall–Kier alpha value is -3.02. The minimum absolute atomic E-state index is 0.118. The van der Waals surface area contributed by atoms with Crippen molar-refractivity contribution in [2.24, 2.45) is 0 Å². The monoisotopic (exact) mass is 319 g/mol. The third kappa shape index (κ3) is 2.78. The number of nitrogens with zero attached hydrogens (tertiary/aromatic N) is 4. The van der Waals surface area contributed by atoms with Gasteiger partial charge in [0.05, 0.1) is 6.04 Å². The molecule has 1 amide bonds. The lowest BCUT2D eigenvalue weighted by atomic mass is 10.1. The zero-order chi connectivity index (χ0) is 16.5. The van der Waals surface area contributed by atoms with Crippen molar-refractivity contribution in [2.45, 2.75) is 25.8 Å². The summed E-state index contributed by atoms with van der Waals surface area (Å²) in [6.07, 6.45) is 2.23. The second-order valence-corrected chi connectivity index (χ2v) is 6.03. The molecule has 0 unspecified atom stereocenters. The Bertz CT molecular complexity index is 898. The highest BCUT2D eigenvalue weighted by atomic mass is 16.1. The molecular weight excluding hydrogens is 302 g/mol. The molecule has 0 atom stereocenters. The summed E-state index contributed by atoms with van der Waals surface area (Å²) in [6, 6.07) is 15.6. The van der Waals surface area contributed by atoms with E-state index in [1.807, 2.05) is 60.1 Å². The lowest BCUT2D eigenvalue weighted by Crippen LogP contribution is -2.13. The van der Waals surface area contributed by atoms with E-state index in [1.54, 1.807) is 0 Å². The van der Waals surface area contributed by atoms with Crippen LogP contribution in [0.4, 0.5) is 5.69 Å². The van der Waals surface area contributed by atoms with E-state index in [4.69, 9.17) is 0 Å². The summed E-state index contributed by atoms with van der Waals surface area (Å²) in [5.74, 6) is 0.622. The van der Waals surface area contributed by atoms with E-state index in [0.717, 1.165) is 35.5 Å². The first kappa shape index (κ1) is 14.6. The van der Waals surface area contributed by atoms with Gasteiger partial charge in [0.15, 0.2) is 5.82 Å². The van der Waals surface area contributed by atoms with Gasteiger partial charge >= 0.3 is 0 Å². The Balaban J connectivity index is 1.60. The fourth-order valence-corrected chi connectivity index (χ4v) is 2.71. The number of amides is 1. The third-order valence-corrected chi connectivity index (χ3v) is 4.15. The van der Waals surface area contributed by atoms with Gasteiger partial charge < -0.3 is 5.32 Å². The predicted molar refractivity (Wildman–Crippen MR) is 90.7 cm³/mol. The highest BCUT2D eigenvalue weighted by Crippen LogP contribution is 2.36. The smallest absolute Gasteiger partial charge is 0.255 e. The number of rotatable bonds is 4. The van der Waals surface area contributed by atoms with Crippen LogP contribution >= 0.6 is 0 Å². The van der Waals surface area contributed by atoms with Gasteiger partial charge in [-0.1, -0.05) is 30.3 Å². The van der Waals surface area contributed by atoms with Crippen molar-refractivity contribution in [2.75, 3.05) is 5.32 Å². The van der Waals surface area contributed by atoms with Crippen molar-refractivity contribution >= 4 is 11.6 Å². The van der Waals surface area contributed by atoms with Gasteiger partial charge in [0.1, 0.15) is 0 Å². The van der Waals surface area contributed by atoms with E-state index >= 15 is 0 Å². The molecule has 0 spiro atoms. The lowest BCUT2D eigenvalue weighted by Gasteiger charge is -2.09. The molecule has 1 fully saturated rings. The minimum atomic E-state index is -0.118. The van der Waals surface area contributed by atoms with Crippen LogP contribution in [0.5, 0.6) is 0 Å². The van der Waals surface area contributed by atoms with Gasteiger partial charge in [0, 0.05) is 16.8 Å². The molecule has 6 nitrogen and oxygen atoms in total. The summed E-state index contributed by atoms with van der Waals surface area (Å²) in [7, 11) is 0. The molecule has 1 N–H and O–H groups in total. The van der Waals surface area contributed by atoms with Crippen LogP contribution < -0.4 is 5.32 Å². The number of aryl methyl sites for hydroxylation is 1. The second kappa shape index (κ2) is 5.88. The van der Waals surface area contributed by atoms with E-state index in [-0.39, 0.29) is 5.91 Å². The molecule has 0 aliphatic heterocycles. The third-order valence-electron chi connectivity index (χ3n) is 4.15. The zero-order valence-corrected chi connectivity index (χ0v) is 13.3. The first-order chi connectivity index (χ1) is 11.7. The number of benzene rings is 2. The van der Waals surface area contributed by atoms with E-state index in [1.165, 1.54) is 0 Å². The summed E-state index contributed by atoms with van der Waals surface area (Å²) >= 11 is 0. The SMILES string of the molecule is Cc1ccccc1C(=O)Nc1cccc(-c2nnnn2C2CC2)c1. The van der Waals surface area contributed by atoms with Gasteiger partial charge in [-0.3, -0.25) is 4.79 Å². The fourth-order valence-electron chi connectivity index (χ4n) is 2.71. The highest BCUT2D eigenvalue weighted by Gasteiger charge is 2.28. The molecule has 0 saturated heterocycles. The van der Waals surface area contributed by atoms with Gasteiger partial charge in [-0.05, 0) is 54.0 Å². The molecule has 1 heterocycles. The highest BCUT2D eigenvalue weighted by molar-refractivity contribution is 6.05. The number of carbonyl (C=O) groups excluding carboxylic acids is 1. The molecule has 120 valence electrons. The van der Waals surface area contributed by atoms with E-state index in [2.05, 4.69) is 20.8 Å². The van der Waals surface area contributed by atoms with Crippen molar-refractivity contribution in [3.8, 4) is 11.4 Å². The molecule has 3 aromatic rings. The maximum absolute atomic E-state index is 12.5. The van der Waals surface area contributed by atoms with Crippen molar-refractivity contribution in [3.05, 3.63) is 59.7 Å². The van der Waals surface area contributed by atoms with Gasteiger partial charge in [0.2, 0.25) is 0 Å². The van der Waals surface area contributed by atoms with Crippen LogP contribution in [0.3, 0.4) is 0 Å². The number of aromatic nitrogens is 4. The number of carbonyl (C=O) groups is 1. The van der Waals surface area contributed by atoms with Gasteiger partial charge in [-0.15, -0.1) is 5.10 Å². The molecule has 4 rings (SSSR count). The van der Waals surface area contributed by atoms with Crippen molar-refractivity contribution in [1.29, 1.82) is 0 Å². The maximum atomic E-state index is 12.5. The number of nitrogens with one attached hydrogen (secondary N) is 1. The van der Waals surface area contributed by atoms with Gasteiger partial charge in [0.25, 0.3) is 5.91 Å². The van der Waals surface area contributed by atoms with Crippen LogP contribution in [0.2, 0.25) is 0 Å². The summed E-state index contributed by atoms with van der Waals surface area (Å²) < 4.78 is 1.86. The summed E-state index contributed by atoms with van der Waals surface area (Å²) in [5.41, 5.74) is 3.25. The van der Waals surface area contributed by atoms with Gasteiger partial charge in [-0.2, -0.15) is 0 Å². The molecule has 0 bridgehead atoms. The van der Waals surface area contributed by atoms with Crippen molar-refractivity contribution < 1.29 is 4.79 Å². The minimum Gasteiger partial charge on any atom is -0.322 e. The Labute approximate surface area is 139 Å². The quantitative estimate of drug-likeness (QED) is 0.801. The largest absolute Gasteiger partial charge is 0.322 e. The van der Waals surface area contributed by atoms with Crippen LogP contribution in [0.25, 0.3) is 11.4 Å². The molecule has 1 aliphatic rings.